The molecule has 0 aromatic carbocycles. The quantitative estimate of drug-likeness (QED) is 0.439. The molecule has 6 heteroatoms. The van der Waals surface area contributed by atoms with Crippen molar-refractivity contribution in [2.45, 2.75) is 84.7 Å². The SMILES string of the molecule is CCCCCCCCC(CCC)OCC.O=S(=O)(O)O. The minimum atomic E-state index is -4.67. The monoisotopic (exact) mass is 312 g/mol. The Bertz CT molecular complexity index is 263. The molecular weight excluding hydrogens is 280 g/mol. The smallest absolute Gasteiger partial charge is 0.379 e. The predicted molar refractivity (Wildman–Crippen MR) is 82.5 cm³/mol. The average molecular weight is 312 g/mol. The number of hydrogen-bond acceptors (Lipinski definition) is 3. The zero-order valence-electron chi connectivity index (χ0n) is 13.2. The number of unbranched alkanes of at least 4 members (excludes halogenated alkanes) is 5. The molecule has 0 aliphatic heterocycles. The Balaban J connectivity index is 0. The number of hydrogen-bond donors (Lipinski definition) is 2. The molecule has 0 bridgehead atoms. The van der Waals surface area contributed by atoms with Crippen LogP contribution < -0.4 is 0 Å². The van der Waals surface area contributed by atoms with E-state index in [0.717, 1.165) is 6.61 Å². The van der Waals surface area contributed by atoms with Gasteiger partial charge in [0, 0.05) is 6.61 Å². The normalized spacial score (nSPS) is 12.7. The summed E-state index contributed by atoms with van der Waals surface area (Å²) in [6, 6.07) is 0. The van der Waals surface area contributed by atoms with E-state index in [1.165, 1.54) is 57.8 Å². The molecule has 20 heavy (non-hydrogen) atoms. The summed E-state index contributed by atoms with van der Waals surface area (Å²) < 4.78 is 37.3. The van der Waals surface area contributed by atoms with Gasteiger partial charge in [-0.1, -0.05) is 58.8 Å². The lowest BCUT2D eigenvalue weighted by atomic mass is 10.0. The van der Waals surface area contributed by atoms with Crippen molar-refractivity contribution in [3.63, 3.8) is 0 Å². The molecule has 2 N–H and O–H groups in total. The molecule has 0 aromatic heterocycles. The molecule has 1 unspecified atom stereocenters. The van der Waals surface area contributed by atoms with Gasteiger partial charge in [-0.3, -0.25) is 9.11 Å². The minimum absolute atomic E-state index is 0.533. The summed E-state index contributed by atoms with van der Waals surface area (Å²) in [4.78, 5) is 0. The van der Waals surface area contributed by atoms with Crippen molar-refractivity contribution in [2.24, 2.45) is 0 Å². The van der Waals surface area contributed by atoms with Crippen molar-refractivity contribution in [1.82, 2.24) is 0 Å². The fourth-order valence-electron chi connectivity index (χ4n) is 2.02. The summed E-state index contributed by atoms with van der Waals surface area (Å²) in [6.45, 7) is 7.49. The van der Waals surface area contributed by atoms with Crippen LogP contribution in [0.25, 0.3) is 0 Å². The Morgan fingerprint density at radius 2 is 1.35 bits per heavy atom. The van der Waals surface area contributed by atoms with Gasteiger partial charge in [0.1, 0.15) is 0 Å². The molecule has 0 amide bonds. The molecular formula is C14H32O5S. The largest absolute Gasteiger partial charge is 0.394 e. The van der Waals surface area contributed by atoms with Crippen molar-refractivity contribution in [2.75, 3.05) is 6.61 Å². The second-order valence-electron chi connectivity index (χ2n) is 4.87. The molecule has 5 nitrogen and oxygen atoms in total. The Morgan fingerprint density at radius 1 is 0.850 bits per heavy atom. The van der Waals surface area contributed by atoms with Gasteiger partial charge in [0.05, 0.1) is 6.10 Å². The molecule has 0 radical (unpaired) electrons. The summed E-state index contributed by atoms with van der Waals surface area (Å²) in [7, 11) is -4.67. The van der Waals surface area contributed by atoms with Crippen molar-refractivity contribution in [3.05, 3.63) is 0 Å². The fourth-order valence-corrected chi connectivity index (χ4v) is 2.02. The molecule has 0 aromatic rings. The highest BCUT2D eigenvalue weighted by atomic mass is 32.3. The van der Waals surface area contributed by atoms with E-state index in [4.69, 9.17) is 22.3 Å². The van der Waals surface area contributed by atoms with Crippen LogP contribution in [0.15, 0.2) is 0 Å². The van der Waals surface area contributed by atoms with Crippen LogP contribution in [-0.2, 0) is 15.1 Å². The Hall–Kier alpha value is -0.170. The molecule has 124 valence electrons. The van der Waals surface area contributed by atoms with E-state index >= 15 is 0 Å². The molecule has 0 saturated heterocycles. The van der Waals surface area contributed by atoms with E-state index in [-0.39, 0.29) is 0 Å². The second kappa shape index (κ2) is 15.2. The zero-order valence-corrected chi connectivity index (χ0v) is 14.0. The maximum absolute atomic E-state index is 8.74. The molecule has 0 aliphatic rings. The van der Waals surface area contributed by atoms with Gasteiger partial charge in [0.15, 0.2) is 0 Å². The number of rotatable bonds is 11. The fraction of sp³-hybridized carbons (Fsp3) is 1.00. The average Bonchev–Trinajstić information content (AvgIpc) is 2.32. The Morgan fingerprint density at radius 3 is 1.80 bits per heavy atom. The van der Waals surface area contributed by atoms with Gasteiger partial charge in [-0.05, 0) is 19.8 Å². The summed E-state index contributed by atoms with van der Waals surface area (Å²) in [5.41, 5.74) is 0. The summed E-state index contributed by atoms with van der Waals surface area (Å²) in [5, 5.41) is 0. The first-order valence-electron chi connectivity index (χ1n) is 7.66. The topological polar surface area (TPSA) is 83.8 Å². The summed E-state index contributed by atoms with van der Waals surface area (Å²) in [5.74, 6) is 0. The van der Waals surface area contributed by atoms with Gasteiger partial charge >= 0.3 is 10.4 Å². The van der Waals surface area contributed by atoms with Crippen LogP contribution in [0.5, 0.6) is 0 Å². The standard InChI is InChI=1S/C14H30O.H2O4S/c1-4-7-8-9-10-11-13-14(12-5-2)15-6-3;1-5(2,3)4/h14H,4-13H2,1-3H3;(H2,1,2,3,4). The Labute approximate surface area is 124 Å². The maximum Gasteiger partial charge on any atom is 0.394 e. The zero-order chi connectivity index (χ0) is 15.9. The summed E-state index contributed by atoms with van der Waals surface area (Å²) in [6.07, 6.45) is 12.6. The number of ether oxygens (including phenoxy) is 1. The van der Waals surface area contributed by atoms with Gasteiger partial charge in [0.25, 0.3) is 0 Å². The lowest BCUT2D eigenvalue weighted by molar-refractivity contribution is 0.0484. The van der Waals surface area contributed by atoms with Crippen LogP contribution in [-0.4, -0.2) is 30.2 Å². The van der Waals surface area contributed by atoms with Gasteiger partial charge in [-0.25, -0.2) is 0 Å². The highest BCUT2D eigenvalue weighted by Crippen LogP contribution is 2.13. The third kappa shape index (κ3) is 26.4. The lowest BCUT2D eigenvalue weighted by Crippen LogP contribution is -2.12. The van der Waals surface area contributed by atoms with E-state index in [0.29, 0.717) is 6.10 Å². The van der Waals surface area contributed by atoms with E-state index in [9.17, 15) is 0 Å². The van der Waals surface area contributed by atoms with Crippen LogP contribution >= 0.6 is 0 Å². The van der Waals surface area contributed by atoms with Crippen molar-refractivity contribution in [1.29, 1.82) is 0 Å². The van der Waals surface area contributed by atoms with E-state index in [1.807, 2.05) is 0 Å². The van der Waals surface area contributed by atoms with Gasteiger partial charge in [-0.15, -0.1) is 0 Å². The highest BCUT2D eigenvalue weighted by Gasteiger charge is 2.06. The third-order valence-corrected chi connectivity index (χ3v) is 2.89. The highest BCUT2D eigenvalue weighted by molar-refractivity contribution is 7.79. The van der Waals surface area contributed by atoms with E-state index in [1.54, 1.807) is 0 Å². The molecule has 0 aliphatic carbocycles. The van der Waals surface area contributed by atoms with Crippen molar-refractivity contribution < 1.29 is 22.3 Å². The molecule has 0 spiro atoms. The van der Waals surface area contributed by atoms with Gasteiger partial charge < -0.3 is 4.74 Å². The van der Waals surface area contributed by atoms with Gasteiger partial charge in [0.2, 0.25) is 0 Å². The molecule has 0 fully saturated rings. The van der Waals surface area contributed by atoms with Crippen LogP contribution in [0.2, 0.25) is 0 Å². The predicted octanol–water partition coefficient (Wildman–Crippen LogP) is 4.29. The second-order valence-corrected chi connectivity index (χ2v) is 5.77. The van der Waals surface area contributed by atoms with Crippen LogP contribution in [0.4, 0.5) is 0 Å². The van der Waals surface area contributed by atoms with Crippen LogP contribution in [0.3, 0.4) is 0 Å². The van der Waals surface area contributed by atoms with Crippen molar-refractivity contribution in [3.8, 4) is 0 Å². The van der Waals surface area contributed by atoms with E-state index in [2.05, 4.69) is 20.8 Å². The van der Waals surface area contributed by atoms with Crippen LogP contribution in [0.1, 0.15) is 78.6 Å². The molecule has 0 heterocycles. The first-order valence-corrected chi connectivity index (χ1v) is 9.06. The van der Waals surface area contributed by atoms with Gasteiger partial charge in [-0.2, -0.15) is 8.42 Å². The first kappa shape index (κ1) is 22.1. The van der Waals surface area contributed by atoms with E-state index < -0.39 is 10.4 Å². The lowest BCUT2D eigenvalue weighted by Gasteiger charge is -2.15. The molecule has 1 atom stereocenters. The molecule has 0 rings (SSSR count). The summed E-state index contributed by atoms with van der Waals surface area (Å²) >= 11 is 0. The maximum atomic E-state index is 8.74. The minimum Gasteiger partial charge on any atom is -0.379 e. The van der Waals surface area contributed by atoms with Crippen molar-refractivity contribution >= 4 is 10.4 Å². The van der Waals surface area contributed by atoms with Crippen LogP contribution in [0, 0.1) is 0 Å². The first-order chi connectivity index (χ1) is 9.35. The third-order valence-electron chi connectivity index (χ3n) is 2.89. The molecule has 0 saturated carbocycles. The Kier molecular flexibility index (Phi) is 16.8.